The van der Waals surface area contributed by atoms with E-state index < -0.39 is 11.5 Å². The average Bonchev–Trinajstić information content (AvgIpc) is 2.84. The molecule has 0 bridgehead atoms. The van der Waals surface area contributed by atoms with Gasteiger partial charge >= 0.3 is 6.61 Å². The normalized spacial score (nSPS) is 10.9. The van der Waals surface area contributed by atoms with Gasteiger partial charge in [0.15, 0.2) is 16.7 Å². The van der Waals surface area contributed by atoms with Crippen molar-refractivity contribution in [2.75, 3.05) is 7.11 Å². The van der Waals surface area contributed by atoms with Crippen molar-refractivity contribution in [2.24, 2.45) is 7.05 Å². The van der Waals surface area contributed by atoms with Crippen molar-refractivity contribution in [1.29, 1.82) is 0 Å². The number of ether oxygens (including phenoxy) is 2. The van der Waals surface area contributed by atoms with Gasteiger partial charge in [0.05, 0.1) is 18.1 Å². The lowest BCUT2D eigenvalue weighted by molar-refractivity contribution is -0.385. The van der Waals surface area contributed by atoms with E-state index in [0.29, 0.717) is 16.5 Å². The largest absolute Gasteiger partial charge is 0.493 e. The number of hydrogen-bond acceptors (Lipinski definition) is 7. The maximum atomic E-state index is 12.4. The molecule has 24 heavy (non-hydrogen) atoms. The lowest BCUT2D eigenvalue weighted by atomic mass is 10.2. The second-order valence-corrected chi connectivity index (χ2v) is 5.59. The summed E-state index contributed by atoms with van der Waals surface area (Å²) in [6.45, 7) is -1.33. The predicted octanol–water partition coefficient (Wildman–Crippen LogP) is 2.93. The Morgan fingerprint density at radius 3 is 2.58 bits per heavy atom. The van der Waals surface area contributed by atoms with E-state index in [9.17, 15) is 18.9 Å². The van der Waals surface area contributed by atoms with Crippen molar-refractivity contribution in [3.8, 4) is 11.5 Å². The number of hydrogen-bond donors (Lipinski definition) is 0. The first-order chi connectivity index (χ1) is 11.3. The Balaban J connectivity index is 2.33. The molecule has 1 aromatic carbocycles. The van der Waals surface area contributed by atoms with E-state index in [2.05, 4.69) is 14.9 Å². The number of halogens is 2. The second kappa shape index (κ2) is 7.43. The summed E-state index contributed by atoms with van der Waals surface area (Å²) >= 11 is 1.23. The highest BCUT2D eigenvalue weighted by molar-refractivity contribution is 7.98. The van der Waals surface area contributed by atoms with Crippen LogP contribution in [0, 0.1) is 17.0 Å². The summed E-state index contributed by atoms with van der Waals surface area (Å²) in [4.78, 5) is 10.6. The Morgan fingerprint density at radius 1 is 1.38 bits per heavy atom. The number of methoxy groups -OCH3 is 1. The second-order valence-electron chi connectivity index (χ2n) is 4.64. The van der Waals surface area contributed by atoms with Gasteiger partial charge in [0.1, 0.15) is 5.82 Å². The molecule has 2 aromatic rings. The van der Waals surface area contributed by atoms with Gasteiger partial charge in [-0.2, -0.15) is 8.78 Å². The number of nitro groups is 1. The van der Waals surface area contributed by atoms with E-state index >= 15 is 0 Å². The molecule has 0 amide bonds. The molecule has 2 rings (SSSR count). The van der Waals surface area contributed by atoms with Crippen LogP contribution in [0.4, 0.5) is 14.5 Å². The molecule has 0 saturated heterocycles. The maximum absolute atomic E-state index is 12.4. The van der Waals surface area contributed by atoms with Gasteiger partial charge in [0, 0.05) is 18.4 Å². The minimum atomic E-state index is -3.11. The summed E-state index contributed by atoms with van der Waals surface area (Å²) in [6.07, 6.45) is 0. The van der Waals surface area contributed by atoms with Crippen molar-refractivity contribution in [3.05, 3.63) is 33.6 Å². The highest BCUT2D eigenvalue weighted by Gasteiger charge is 2.22. The fourth-order valence-corrected chi connectivity index (χ4v) is 2.82. The highest BCUT2D eigenvalue weighted by atomic mass is 32.2. The molecule has 0 radical (unpaired) electrons. The van der Waals surface area contributed by atoms with Crippen molar-refractivity contribution in [3.63, 3.8) is 0 Å². The van der Waals surface area contributed by atoms with Crippen LogP contribution in [0.1, 0.15) is 11.4 Å². The molecule has 8 nitrogen and oxygen atoms in total. The summed E-state index contributed by atoms with van der Waals surface area (Å²) < 4.78 is 35.8. The van der Waals surface area contributed by atoms with Gasteiger partial charge in [-0.1, -0.05) is 11.8 Å². The molecule has 0 aliphatic rings. The quantitative estimate of drug-likeness (QED) is 0.426. The number of nitrogens with zero attached hydrogens (tertiary/aromatic N) is 4. The Hall–Kier alpha value is -2.43. The number of nitro benzene ring substituents is 1. The molecule has 11 heteroatoms. The molecule has 130 valence electrons. The zero-order chi connectivity index (χ0) is 17.9. The number of alkyl halides is 2. The van der Waals surface area contributed by atoms with Gasteiger partial charge in [0.25, 0.3) is 5.69 Å². The van der Waals surface area contributed by atoms with Gasteiger partial charge in [-0.25, -0.2) is 0 Å². The lowest BCUT2D eigenvalue weighted by Gasteiger charge is -2.12. The molecular formula is C13H14F2N4O4S. The van der Waals surface area contributed by atoms with Crippen molar-refractivity contribution >= 4 is 17.4 Å². The summed E-state index contributed by atoms with van der Waals surface area (Å²) in [6, 6.07) is 2.24. The summed E-state index contributed by atoms with van der Waals surface area (Å²) in [7, 11) is 3.04. The minimum absolute atomic E-state index is 0.00866. The molecule has 0 aliphatic heterocycles. The van der Waals surface area contributed by atoms with Crippen molar-refractivity contribution in [2.45, 2.75) is 24.4 Å². The van der Waals surface area contributed by atoms with Crippen LogP contribution in [0.2, 0.25) is 0 Å². The zero-order valence-electron chi connectivity index (χ0n) is 13.0. The van der Waals surface area contributed by atoms with Crippen LogP contribution in [-0.2, 0) is 12.8 Å². The molecule has 0 aliphatic carbocycles. The molecule has 0 fully saturated rings. The summed E-state index contributed by atoms with van der Waals surface area (Å²) in [5, 5.41) is 19.7. The molecular weight excluding hydrogens is 346 g/mol. The Kier molecular flexibility index (Phi) is 5.54. The third-order valence-electron chi connectivity index (χ3n) is 3.19. The number of aryl methyl sites for hydroxylation is 1. The molecule has 0 unspecified atom stereocenters. The van der Waals surface area contributed by atoms with Crippen LogP contribution in [0.3, 0.4) is 0 Å². The van der Waals surface area contributed by atoms with Gasteiger partial charge in [-0.3, -0.25) is 10.1 Å². The van der Waals surface area contributed by atoms with Gasteiger partial charge in [-0.05, 0) is 13.0 Å². The van der Waals surface area contributed by atoms with E-state index in [-0.39, 0.29) is 22.9 Å². The third kappa shape index (κ3) is 3.91. The molecule has 0 spiro atoms. The predicted molar refractivity (Wildman–Crippen MR) is 81.6 cm³/mol. The fraction of sp³-hybridized carbons (Fsp3) is 0.385. The Morgan fingerprint density at radius 2 is 2.08 bits per heavy atom. The fourth-order valence-electron chi connectivity index (χ4n) is 1.88. The first-order valence-corrected chi connectivity index (χ1v) is 7.61. The van der Waals surface area contributed by atoms with Crippen LogP contribution in [0.25, 0.3) is 0 Å². The smallest absolute Gasteiger partial charge is 0.387 e. The van der Waals surface area contributed by atoms with E-state index in [1.165, 1.54) is 24.9 Å². The molecule has 0 N–H and O–H groups in total. The Labute approximate surface area is 139 Å². The van der Waals surface area contributed by atoms with Crippen molar-refractivity contribution < 1.29 is 23.2 Å². The number of aromatic nitrogens is 3. The van der Waals surface area contributed by atoms with Gasteiger partial charge in [-0.15, -0.1) is 10.2 Å². The SMILES string of the molecule is COc1cc(CSc2nnc(C)n2C)c([N+](=O)[O-])cc1OC(F)F. The number of benzene rings is 1. The van der Waals surface area contributed by atoms with Crippen LogP contribution in [0.15, 0.2) is 17.3 Å². The molecule has 1 heterocycles. The van der Waals surface area contributed by atoms with Gasteiger partial charge < -0.3 is 14.0 Å². The lowest BCUT2D eigenvalue weighted by Crippen LogP contribution is -2.05. The Bertz CT molecular complexity index is 754. The van der Waals surface area contributed by atoms with Crippen molar-refractivity contribution in [1.82, 2.24) is 14.8 Å². The summed E-state index contributed by atoms with van der Waals surface area (Å²) in [5.74, 6) is 0.492. The molecule has 0 atom stereocenters. The number of rotatable bonds is 7. The van der Waals surface area contributed by atoms with Crippen LogP contribution < -0.4 is 9.47 Å². The topological polar surface area (TPSA) is 92.3 Å². The van der Waals surface area contributed by atoms with E-state index in [0.717, 1.165) is 6.07 Å². The zero-order valence-corrected chi connectivity index (χ0v) is 13.8. The minimum Gasteiger partial charge on any atom is -0.493 e. The number of thioether (sulfide) groups is 1. The third-order valence-corrected chi connectivity index (χ3v) is 4.26. The maximum Gasteiger partial charge on any atom is 0.387 e. The standard InChI is InChI=1S/C13H14F2N4O4S/c1-7-16-17-13(18(7)2)24-6-8-4-10(22-3)11(23-12(14)15)5-9(8)19(20)21/h4-5,12H,6H2,1-3H3. The molecule has 1 aromatic heterocycles. The average molecular weight is 360 g/mol. The monoisotopic (exact) mass is 360 g/mol. The van der Waals surface area contributed by atoms with E-state index in [1.807, 2.05) is 0 Å². The van der Waals surface area contributed by atoms with Crippen LogP contribution in [-0.4, -0.2) is 33.4 Å². The summed E-state index contributed by atoms with van der Waals surface area (Å²) in [5.41, 5.74) is -0.0399. The highest BCUT2D eigenvalue weighted by Crippen LogP contribution is 2.37. The van der Waals surface area contributed by atoms with Gasteiger partial charge in [0.2, 0.25) is 0 Å². The first kappa shape index (κ1) is 17.9. The molecule has 0 saturated carbocycles. The van der Waals surface area contributed by atoms with Crippen LogP contribution in [0.5, 0.6) is 11.5 Å². The van der Waals surface area contributed by atoms with Crippen LogP contribution >= 0.6 is 11.8 Å². The van der Waals surface area contributed by atoms with E-state index in [4.69, 9.17) is 4.74 Å². The van der Waals surface area contributed by atoms with E-state index in [1.54, 1.807) is 18.5 Å². The first-order valence-electron chi connectivity index (χ1n) is 6.62.